The molecule has 0 radical (unpaired) electrons. The molecule has 2 aliphatic carbocycles. The van der Waals surface area contributed by atoms with Crippen LogP contribution < -0.4 is 9.47 Å². The number of nitrogens with zero attached hydrogens (tertiary/aromatic N) is 1. The highest BCUT2D eigenvalue weighted by atomic mass is 16.6. The molecule has 0 spiro atoms. The summed E-state index contributed by atoms with van der Waals surface area (Å²) in [4.78, 5) is 11.4. The van der Waals surface area contributed by atoms with E-state index >= 15 is 0 Å². The van der Waals surface area contributed by atoms with Gasteiger partial charge in [-0.05, 0) is 37.3 Å². The van der Waals surface area contributed by atoms with Crippen molar-refractivity contribution >= 4 is 5.97 Å². The Kier molecular flexibility index (Phi) is 2.80. The van der Waals surface area contributed by atoms with Gasteiger partial charge in [-0.25, -0.2) is 0 Å². The monoisotopic (exact) mass is 295 g/mol. The molecule has 0 unspecified atom stereocenters. The lowest BCUT2D eigenvalue weighted by Crippen LogP contribution is -2.44. The van der Waals surface area contributed by atoms with Crippen LogP contribution in [0, 0.1) is 11.3 Å². The quantitative estimate of drug-likeness (QED) is 0.477. The Morgan fingerprint density at radius 2 is 2.41 bits per heavy atom. The topological polar surface area (TPSA) is 59.3 Å². The Bertz CT molecular complexity index is 743. The zero-order valence-electron chi connectivity index (χ0n) is 12.5. The van der Waals surface area contributed by atoms with Crippen molar-refractivity contribution in [3.05, 3.63) is 34.9 Å². The summed E-state index contributed by atoms with van der Waals surface area (Å²) in [6.07, 6.45) is 6.59. The van der Waals surface area contributed by atoms with Gasteiger partial charge < -0.3 is 9.47 Å². The first-order valence-corrected chi connectivity index (χ1v) is 7.74. The number of hydrogen-bond acceptors (Lipinski definition) is 4. The van der Waals surface area contributed by atoms with Crippen LogP contribution >= 0.6 is 0 Å². The number of nitriles is 1. The van der Waals surface area contributed by atoms with Gasteiger partial charge in [-0.2, -0.15) is 5.26 Å². The SMILES string of the molecule is CC(=O)Oc1ccc2c3c1O[C@H]1CCCC(=CC2)[C@@]31CC#N. The van der Waals surface area contributed by atoms with Crippen molar-refractivity contribution < 1.29 is 14.3 Å². The maximum absolute atomic E-state index is 11.4. The Balaban J connectivity index is 1.95. The number of carbonyl (C=O) groups excluding carboxylic acids is 1. The molecule has 1 aliphatic heterocycles. The number of esters is 1. The molecular formula is C18H17NO3. The smallest absolute Gasteiger partial charge is 0.308 e. The summed E-state index contributed by atoms with van der Waals surface area (Å²) in [6.45, 7) is 1.39. The molecule has 0 saturated heterocycles. The third-order valence-corrected chi connectivity index (χ3v) is 5.13. The van der Waals surface area contributed by atoms with E-state index in [1.165, 1.54) is 18.1 Å². The van der Waals surface area contributed by atoms with Crippen LogP contribution in [0.25, 0.3) is 0 Å². The molecule has 4 heteroatoms. The maximum atomic E-state index is 11.4. The molecule has 112 valence electrons. The van der Waals surface area contributed by atoms with E-state index in [1.807, 2.05) is 12.1 Å². The molecule has 1 aromatic carbocycles. The van der Waals surface area contributed by atoms with Crippen molar-refractivity contribution in [1.29, 1.82) is 5.26 Å². The van der Waals surface area contributed by atoms with Gasteiger partial charge >= 0.3 is 5.97 Å². The van der Waals surface area contributed by atoms with E-state index < -0.39 is 0 Å². The van der Waals surface area contributed by atoms with E-state index in [4.69, 9.17) is 9.47 Å². The van der Waals surface area contributed by atoms with Crippen LogP contribution in [0.4, 0.5) is 0 Å². The minimum Gasteiger partial charge on any atom is -0.485 e. The van der Waals surface area contributed by atoms with Crippen LogP contribution in [0.5, 0.6) is 11.5 Å². The summed E-state index contributed by atoms with van der Waals surface area (Å²) in [5, 5.41) is 9.42. The second kappa shape index (κ2) is 4.61. The number of rotatable bonds is 2. The number of allylic oxidation sites excluding steroid dienone is 1. The second-order valence-electron chi connectivity index (χ2n) is 6.26. The van der Waals surface area contributed by atoms with Crippen LogP contribution in [0.2, 0.25) is 0 Å². The standard InChI is InChI=1S/C18H17NO3/c1-11(20)21-14-8-6-12-5-7-13-3-2-4-15-18(13,9-10-19)16(12)17(14)22-15/h6-8,15H,2-5,9H2,1H3/t15-,18+/m0/s1. The van der Waals surface area contributed by atoms with Crippen molar-refractivity contribution in [3.63, 3.8) is 0 Å². The molecule has 22 heavy (non-hydrogen) atoms. The fourth-order valence-electron chi connectivity index (χ4n) is 4.35. The van der Waals surface area contributed by atoms with Crippen molar-refractivity contribution in [2.24, 2.45) is 0 Å². The molecule has 4 rings (SSSR count). The number of hydrogen-bond donors (Lipinski definition) is 0. The Morgan fingerprint density at radius 3 is 3.18 bits per heavy atom. The molecule has 0 N–H and O–H groups in total. The molecule has 1 heterocycles. The Hall–Kier alpha value is -2.28. The molecule has 0 amide bonds. The zero-order chi connectivity index (χ0) is 15.3. The Morgan fingerprint density at radius 1 is 1.55 bits per heavy atom. The average molecular weight is 295 g/mol. The summed E-state index contributed by atoms with van der Waals surface area (Å²) in [7, 11) is 0. The summed E-state index contributed by atoms with van der Waals surface area (Å²) in [6, 6.07) is 6.18. The maximum Gasteiger partial charge on any atom is 0.308 e. The van der Waals surface area contributed by atoms with Crippen molar-refractivity contribution in [2.45, 2.75) is 50.5 Å². The number of ether oxygens (including phenoxy) is 2. The van der Waals surface area contributed by atoms with Crippen molar-refractivity contribution in [3.8, 4) is 17.6 Å². The van der Waals surface area contributed by atoms with E-state index in [0.717, 1.165) is 31.2 Å². The van der Waals surface area contributed by atoms with Crippen LogP contribution in [0.15, 0.2) is 23.8 Å². The third-order valence-electron chi connectivity index (χ3n) is 5.13. The average Bonchev–Trinajstić information content (AvgIpc) is 2.83. The molecule has 1 fully saturated rings. The van der Waals surface area contributed by atoms with Gasteiger partial charge in [0, 0.05) is 12.5 Å². The van der Waals surface area contributed by atoms with Gasteiger partial charge in [0.1, 0.15) is 6.10 Å². The van der Waals surface area contributed by atoms with E-state index in [2.05, 4.69) is 12.1 Å². The van der Waals surface area contributed by atoms with Gasteiger partial charge in [-0.3, -0.25) is 4.79 Å². The van der Waals surface area contributed by atoms with Gasteiger partial charge in [-0.15, -0.1) is 0 Å². The molecule has 4 nitrogen and oxygen atoms in total. The van der Waals surface area contributed by atoms with E-state index in [-0.39, 0.29) is 17.5 Å². The summed E-state index contributed by atoms with van der Waals surface area (Å²) in [5.41, 5.74) is 3.28. The number of carbonyl (C=O) groups is 1. The Labute approximate surface area is 129 Å². The fraction of sp³-hybridized carbons (Fsp3) is 0.444. The highest BCUT2D eigenvalue weighted by Crippen LogP contribution is 2.60. The molecule has 0 bridgehead atoms. The van der Waals surface area contributed by atoms with E-state index in [1.54, 1.807) is 0 Å². The van der Waals surface area contributed by atoms with Crippen LogP contribution in [-0.4, -0.2) is 12.1 Å². The normalized spacial score (nSPS) is 27.3. The van der Waals surface area contributed by atoms with Gasteiger partial charge in [0.15, 0.2) is 11.5 Å². The lowest BCUT2D eigenvalue weighted by atomic mass is 9.60. The number of benzene rings is 1. The first-order valence-electron chi connectivity index (χ1n) is 7.74. The first kappa shape index (κ1) is 13.4. The predicted molar refractivity (Wildman–Crippen MR) is 79.7 cm³/mol. The van der Waals surface area contributed by atoms with Crippen LogP contribution in [-0.2, 0) is 16.6 Å². The van der Waals surface area contributed by atoms with Crippen molar-refractivity contribution in [1.82, 2.24) is 0 Å². The summed E-state index contributed by atoms with van der Waals surface area (Å²) < 4.78 is 11.6. The lowest BCUT2D eigenvalue weighted by molar-refractivity contribution is -0.132. The van der Waals surface area contributed by atoms with E-state index in [9.17, 15) is 10.1 Å². The van der Waals surface area contributed by atoms with Gasteiger partial charge in [0.05, 0.1) is 17.9 Å². The lowest BCUT2D eigenvalue weighted by Gasteiger charge is -2.41. The largest absolute Gasteiger partial charge is 0.485 e. The minimum atomic E-state index is -0.351. The molecular weight excluding hydrogens is 278 g/mol. The molecule has 2 atom stereocenters. The van der Waals surface area contributed by atoms with Gasteiger partial charge in [0.25, 0.3) is 0 Å². The van der Waals surface area contributed by atoms with Crippen molar-refractivity contribution in [2.75, 3.05) is 0 Å². The highest BCUT2D eigenvalue weighted by Gasteiger charge is 2.55. The molecule has 1 aromatic rings. The van der Waals surface area contributed by atoms with E-state index in [0.29, 0.717) is 17.9 Å². The van der Waals surface area contributed by atoms with Crippen LogP contribution in [0.1, 0.15) is 43.7 Å². The first-order chi connectivity index (χ1) is 10.7. The minimum absolute atomic E-state index is 0.0158. The third kappa shape index (κ3) is 1.60. The molecule has 3 aliphatic rings. The highest BCUT2D eigenvalue weighted by molar-refractivity contribution is 5.73. The molecule has 1 saturated carbocycles. The summed E-state index contributed by atoms with van der Waals surface area (Å²) in [5.74, 6) is 0.815. The fourth-order valence-corrected chi connectivity index (χ4v) is 4.35. The molecule has 0 aromatic heterocycles. The predicted octanol–water partition coefficient (Wildman–Crippen LogP) is 3.19. The second-order valence-corrected chi connectivity index (χ2v) is 6.26. The van der Waals surface area contributed by atoms with Crippen LogP contribution in [0.3, 0.4) is 0 Å². The van der Waals surface area contributed by atoms with Gasteiger partial charge in [-0.1, -0.05) is 17.7 Å². The summed E-state index contributed by atoms with van der Waals surface area (Å²) >= 11 is 0. The zero-order valence-corrected chi connectivity index (χ0v) is 12.5. The van der Waals surface area contributed by atoms with Gasteiger partial charge in [0.2, 0.25) is 0 Å².